The quantitative estimate of drug-likeness (QED) is 0.695. The first-order valence-corrected chi connectivity index (χ1v) is 5.83. The maximum atomic E-state index is 7.91. The molecule has 2 atom stereocenters. The molecule has 0 aromatic rings. The van der Waals surface area contributed by atoms with Gasteiger partial charge in [0, 0.05) is 25.0 Å². The van der Waals surface area contributed by atoms with Crippen molar-refractivity contribution >= 4 is 5.84 Å². The standard InChI is InChI=1S/C11H21N3/c1-9-5-3-6-10(2)14(9)13-8-4-7-11(13)12/h9-10,12H,3-8H2,1-2H3. The van der Waals surface area contributed by atoms with Gasteiger partial charge in [0.25, 0.3) is 0 Å². The average molecular weight is 195 g/mol. The fourth-order valence-corrected chi connectivity index (χ4v) is 2.80. The minimum atomic E-state index is 0.622. The van der Waals surface area contributed by atoms with Crippen molar-refractivity contribution < 1.29 is 0 Å². The van der Waals surface area contributed by atoms with Crippen molar-refractivity contribution in [2.24, 2.45) is 0 Å². The Kier molecular flexibility index (Phi) is 2.77. The van der Waals surface area contributed by atoms with Gasteiger partial charge in [-0.1, -0.05) is 6.42 Å². The van der Waals surface area contributed by atoms with Crippen molar-refractivity contribution in [1.82, 2.24) is 10.0 Å². The minimum Gasteiger partial charge on any atom is -0.293 e. The van der Waals surface area contributed by atoms with Gasteiger partial charge in [-0.25, -0.2) is 5.01 Å². The van der Waals surface area contributed by atoms with E-state index >= 15 is 0 Å². The maximum absolute atomic E-state index is 7.91. The largest absolute Gasteiger partial charge is 0.293 e. The van der Waals surface area contributed by atoms with E-state index in [1.165, 1.54) is 19.3 Å². The summed E-state index contributed by atoms with van der Waals surface area (Å²) in [5.74, 6) is 0.825. The van der Waals surface area contributed by atoms with E-state index in [1.54, 1.807) is 0 Å². The predicted molar refractivity (Wildman–Crippen MR) is 58.3 cm³/mol. The van der Waals surface area contributed by atoms with E-state index in [0.29, 0.717) is 12.1 Å². The van der Waals surface area contributed by atoms with Crippen LogP contribution in [-0.2, 0) is 0 Å². The summed E-state index contributed by atoms with van der Waals surface area (Å²) in [7, 11) is 0. The van der Waals surface area contributed by atoms with Gasteiger partial charge in [-0.05, 0) is 33.1 Å². The summed E-state index contributed by atoms with van der Waals surface area (Å²) in [6, 6.07) is 1.24. The van der Waals surface area contributed by atoms with Crippen molar-refractivity contribution in [3.63, 3.8) is 0 Å². The fourth-order valence-electron chi connectivity index (χ4n) is 2.80. The van der Waals surface area contributed by atoms with Crippen LogP contribution in [0.1, 0.15) is 46.0 Å². The van der Waals surface area contributed by atoms with Crippen molar-refractivity contribution in [2.75, 3.05) is 6.54 Å². The highest BCUT2D eigenvalue weighted by atomic mass is 15.7. The molecule has 2 aliphatic heterocycles. The number of nitrogens with one attached hydrogen (secondary N) is 1. The summed E-state index contributed by atoms with van der Waals surface area (Å²) < 4.78 is 0. The number of nitrogens with zero attached hydrogens (tertiary/aromatic N) is 2. The second kappa shape index (κ2) is 3.89. The maximum Gasteiger partial charge on any atom is 0.110 e. The Morgan fingerprint density at radius 2 is 1.79 bits per heavy atom. The van der Waals surface area contributed by atoms with Crippen LogP contribution in [0.25, 0.3) is 0 Å². The van der Waals surface area contributed by atoms with Crippen LogP contribution in [0.4, 0.5) is 0 Å². The second-order valence-electron chi connectivity index (χ2n) is 4.68. The van der Waals surface area contributed by atoms with Gasteiger partial charge in [-0.3, -0.25) is 10.4 Å². The SMILES string of the molecule is CC1CCCC(C)N1N1CCCC1=N. The molecule has 0 amide bonds. The van der Waals surface area contributed by atoms with E-state index < -0.39 is 0 Å². The molecule has 0 aromatic heterocycles. The first-order valence-electron chi connectivity index (χ1n) is 5.83. The molecule has 0 spiro atoms. The second-order valence-corrected chi connectivity index (χ2v) is 4.68. The predicted octanol–water partition coefficient (Wildman–Crippen LogP) is 2.24. The Hall–Kier alpha value is -0.570. The number of hydrogen-bond donors (Lipinski definition) is 1. The van der Waals surface area contributed by atoms with Crippen LogP contribution in [0.3, 0.4) is 0 Å². The topological polar surface area (TPSA) is 30.3 Å². The lowest BCUT2D eigenvalue weighted by Crippen LogP contribution is -2.54. The molecule has 2 heterocycles. The van der Waals surface area contributed by atoms with Crippen LogP contribution in [0.2, 0.25) is 0 Å². The minimum absolute atomic E-state index is 0.622. The van der Waals surface area contributed by atoms with Crippen molar-refractivity contribution in [3.8, 4) is 0 Å². The monoisotopic (exact) mass is 195 g/mol. The Bertz CT molecular complexity index is 217. The average Bonchev–Trinajstić information content (AvgIpc) is 2.52. The summed E-state index contributed by atoms with van der Waals surface area (Å²) >= 11 is 0. The third-order valence-electron chi connectivity index (χ3n) is 3.52. The molecule has 0 aliphatic carbocycles. The lowest BCUT2D eigenvalue weighted by Gasteiger charge is -2.45. The number of piperidine rings is 1. The molecule has 2 aliphatic rings. The summed E-state index contributed by atoms with van der Waals surface area (Å²) in [5.41, 5.74) is 0. The van der Waals surface area contributed by atoms with Gasteiger partial charge in [0.1, 0.15) is 5.84 Å². The van der Waals surface area contributed by atoms with Crippen LogP contribution >= 0.6 is 0 Å². The van der Waals surface area contributed by atoms with Gasteiger partial charge in [-0.15, -0.1) is 0 Å². The first-order chi connectivity index (χ1) is 6.70. The van der Waals surface area contributed by atoms with E-state index in [0.717, 1.165) is 25.2 Å². The molecule has 3 heteroatoms. The van der Waals surface area contributed by atoms with Gasteiger partial charge in [-0.2, -0.15) is 0 Å². The summed E-state index contributed by atoms with van der Waals surface area (Å²) in [4.78, 5) is 0. The van der Waals surface area contributed by atoms with Gasteiger partial charge < -0.3 is 0 Å². The molecule has 2 fully saturated rings. The Morgan fingerprint density at radius 3 is 2.29 bits per heavy atom. The lowest BCUT2D eigenvalue weighted by atomic mass is 9.99. The van der Waals surface area contributed by atoms with Crippen LogP contribution in [-0.4, -0.2) is 34.5 Å². The smallest absolute Gasteiger partial charge is 0.110 e. The molecule has 2 unspecified atom stereocenters. The third-order valence-corrected chi connectivity index (χ3v) is 3.52. The van der Waals surface area contributed by atoms with Crippen molar-refractivity contribution in [2.45, 2.75) is 58.0 Å². The van der Waals surface area contributed by atoms with E-state index in [4.69, 9.17) is 5.41 Å². The van der Waals surface area contributed by atoms with Gasteiger partial charge in [0.2, 0.25) is 0 Å². The highest BCUT2D eigenvalue weighted by molar-refractivity contribution is 5.80. The molecule has 0 bridgehead atoms. The summed E-state index contributed by atoms with van der Waals surface area (Å²) in [5, 5.41) is 12.6. The van der Waals surface area contributed by atoms with Crippen LogP contribution in [0, 0.1) is 5.41 Å². The summed E-state index contributed by atoms with van der Waals surface area (Å²) in [6.45, 7) is 5.65. The molecular formula is C11H21N3. The molecular weight excluding hydrogens is 174 g/mol. The zero-order valence-corrected chi connectivity index (χ0v) is 9.29. The van der Waals surface area contributed by atoms with Crippen LogP contribution < -0.4 is 0 Å². The first kappa shape index (κ1) is 9.97. The molecule has 80 valence electrons. The highest BCUT2D eigenvalue weighted by Gasteiger charge is 2.32. The molecule has 14 heavy (non-hydrogen) atoms. The normalized spacial score (nSPS) is 35.3. The lowest BCUT2D eigenvalue weighted by molar-refractivity contribution is -0.0482. The zero-order chi connectivity index (χ0) is 10.1. The third kappa shape index (κ3) is 1.65. The molecule has 0 aromatic carbocycles. The Morgan fingerprint density at radius 1 is 1.14 bits per heavy atom. The fraction of sp³-hybridized carbons (Fsp3) is 0.909. The number of hydrogen-bond acceptors (Lipinski definition) is 2. The van der Waals surface area contributed by atoms with Gasteiger partial charge >= 0.3 is 0 Å². The molecule has 0 radical (unpaired) electrons. The molecule has 2 rings (SSSR count). The number of rotatable bonds is 1. The van der Waals surface area contributed by atoms with Gasteiger partial charge in [0.15, 0.2) is 0 Å². The van der Waals surface area contributed by atoms with E-state index in [9.17, 15) is 0 Å². The summed E-state index contributed by atoms with van der Waals surface area (Å²) in [6.07, 6.45) is 6.05. The zero-order valence-electron chi connectivity index (χ0n) is 9.29. The van der Waals surface area contributed by atoms with Gasteiger partial charge in [0.05, 0.1) is 0 Å². The van der Waals surface area contributed by atoms with E-state index in [2.05, 4.69) is 23.9 Å². The van der Waals surface area contributed by atoms with Crippen LogP contribution in [0.15, 0.2) is 0 Å². The van der Waals surface area contributed by atoms with E-state index in [-0.39, 0.29) is 0 Å². The molecule has 1 N–H and O–H groups in total. The van der Waals surface area contributed by atoms with Crippen LogP contribution in [0.5, 0.6) is 0 Å². The van der Waals surface area contributed by atoms with Crippen molar-refractivity contribution in [3.05, 3.63) is 0 Å². The Balaban J connectivity index is 2.09. The number of hydrazine groups is 1. The van der Waals surface area contributed by atoms with E-state index in [1.807, 2.05) is 0 Å². The Labute approximate surface area is 86.6 Å². The molecule has 0 saturated carbocycles. The highest BCUT2D eigenvalue weighted by Crippen LogP contribution is 2.27. The van der Waals surface area contributed by atoms with Crippen molar-refractivity contribution in [1.29, 1.82) is 5.41 Å². The molecule has 3 nitrogen and oxygen atoms in total. The number of amidine groups is 1. The molecule has 2 saturated heterocycles.